The van der Waals surface area contributed by atoms with E-state index in [9.17, 15) is 23.5 Å². The lowest BCUT2D eigenvalue weighted by atomic mass is 9.80. The van der Waals surface area contributed by atoms with Crippen LogP contribution in [-0.2, 0) is 9.59 Å². The van der Waals surface area contributed by atoms with Crippen molar-refractivity contribution in [3.05, 3.63) is 11.8 Å². The molecule has 4 fully saturated rings. The third-order valence-corrected chi connectivity index (χ3v) is 7.72. The fourth-order valence-electron chi connectivity index (χ4n) is 5.95. The summed E-state index contributed by atoms with van der Waals surface area (Å²) in [5.41, 5.74) is 5.52. The van der Waals surface area contributed by atoms with E-state index in [0.29, 0.717) is 24.9 Å². The lowest BCUT2D eigenvalue weighted by Gasteiger charge is -2.52. The van der Waals surface area contributed by atoms with Gasteiger partial charge in [0.05, 0.1) is 24.3 Å². The average Bonchev–Trinajstić information content (AvgIpc) is 3.10. The van der Waals surface area contributed by atoms with E-state index in [1.807, 2.05) is 4.90 Å². The molecule has 30 heavy (non-hydrogen) atoms. The summed E-state index contributed by atoms with van der Waals surface area (Å²) in [6.45, 7) is 1.34. The summed E-state index contributed by atoms with van der Waals surface area (Å²) in [6, 6.07) is -0.593. The summed E-state index contributed by atoms with van der Waals surface area (Å²) in [4.78, 5) is 27.9. The third kappa shape index (κ3) is 3.15. The zero-order valence-corrected chi connectivity index (χ0v) is 16.5. The minimum absolute atomic E-state index is 0.129. The Labute approximate surface area is 172 Å². The number of nitrogens with zero attached hydrogens (tertiary/aromatic N) is 2. The molecule has 0 aromatic heterocycles. The molecule has 5 rings (SSSR count). The van der Waals surface area contributed by atoms with Gasteiger partial charge in [-0.1, -0.05) is 0 Å². The van der Waals surface area contributed by atoms with Crippen molar-refractivity contribution in [1.82, 2.24) is 15.1 Å². The maximum absolute atomic E-state index is 15.1. The lowest BCUT2D eigenvalue weighted by Crippen LogP contribution is -2.69. The number of alkyl halides is 3. The van der Waals surface area contributed by atoms with Gasteiger partial charge in [0, 0.05) is 31.8 Å². The van der Waals surface area contributed by atoms with Gasteiger partial charge in [-0.05, 0) is 31.1 Å². The highest BCUT2D eigenvalue weighted by molar-refractivity contribution is 6.18. The zero-order chi connectivity index (χ0) is 21.3. The number of carboxylic acid groups (broad SMARTS) is 1. The van der Waals surface area contributed by atoms with Crippen LogP contribution in [0.25, 0.3) is 0 Å². The molecular formula is C20H27F3N4O3. The van der Waals surface area contributed by atoms with E-state index in [-0.39, 0.29) is 31.7 Å². The summed E-state index contributed by atoms with van der Waals surface area (Å²) in [5.74, 6) is -2.27. The summed E-state index contributed by atoms with van der Waals surface area (Å²) in [5, 5.41) is 12.7. The topological polar surface area (TPSA) is 98.9 Å². The standard InChI is InChI=1S/C20H27F3N4O3/c21-8-1-2-15(13(22)3-8)27-7-12(20(29)30)17(28)9-4-14(23)19(25-18(9)27)26-5-10-11(6-26)16(10)24/h7-11,13-16,18-19,25H,1-6,24H2,(H,29,30). The number of carbonyl (C=O) groups excluding carboxylic acids is 1. The van der Waals surface area contributed by atoms with Crippen molar-refractivity contribution in [3.8, 4) is 0 Å². The molecule has 0 amide bonds. The van der Waals surface area contributed by atoms with Crippen molar-refractivity contribution >= 4 is 11.8 Å². The van der Waals surface area contributed by atoms with Crippen LogP contribution in [0, 0.1) is 17.8 Å². The first-order chi connectivity index (χ1) is 14.3. The minimum atomic E-state index is -1.49. The van der Waals surface area contributed by atoms with Gasteiger partial charge in [-0.3, -0.25) is 15.0 Å². The molecule has 0 radical (unpaired) electrons. The Hall–Kier alpha value is -1.65. The number of aliphatic carboxylic acids is 1. The van der Waals surface area contributed by atoms with Crippen LogP contribution in [0.5, 0.6) is 0 Å². The first-order valence-electron chi connectivity index (χ1n) is 10.7. The van der Waals surface area contributed by atoms with Crippen molar-refractivity contribution in [3.63, 3.8) is 0 Å². The number of carbonyl (C=O) groups is 2. The van der Waals surface area contributed by atoms with Crippen LogP contribution in [0.1, 0.15) is 25.7 Å². The highest BCUT2D eigenvalue weighted by atomic mass is 19.1. The van der Waals surface area contributed by atoms with Gasteiger partial charge in [-0.25, -0.2) is 18.0 Å². The number of Topliss-reactive ketones (excluding diaryl/α,β-unsaturated/α-hetero) is 1. The monoisotopic (exact) mass is 428 g/mol. The van der Waals surface area contributed by atoms with E-state index in [0.717, 1.165) is 0 Å². The molecule has 2 saturated heterocycles. The second-order valence-electron chi connectivity index (χ2n) is 9.43. The molecule has 3 aliphatic heterocycles. The number of hydrogen-bond donors (Lipinski definition) is 3. The number of fused-ring (bicyclic) bond motifs is 2. The molecule has 2 aliphatic carbocycles. The van der Waals surface area contributed by atoms with Crippen LogP contribution >= 0.6 is 0 Å². The molecule has 0 bridgehead atoms. The van der Waals surface area contributed by atoms with Crippen LogP contribution in [0.4, 0.5) is 13.2 Å². The first-order valence-corrected chi connectivity index (χ1v) is 10.7. The van der Waals surface area contributed by atoms with Crippen molar-refractivity contribution in [2.45, 2.75) is 68.6 Å². The van der Waals surface area contributed by atoms with E-state index >= 15 is 4.39 Å². The van der Waals surface area contributed by atoms with Gasteiger partial charge < -0.3 is 15.7 Å². The molecule has 9 atom stereocenters. The van der Waals surface area contributed by atoms with Crippen LogP contribution in [0.3, 0.4) is 0 Å². The Morgan fingerprint density at radius 3 is 2.43 bits per heavy atom. The maximum Gasteiger partial charge on any atom is 0.340 e. The SMILES string of the molecule is NC1C2CN(C3NC4C(CC3F)C(=O)C(C(=O)O)=CN4C3CCC(F)CC3F)CC12. The van der Waals surface area contributed by atoms with Gasteiger partial charge in [0.1, 0.15) is 24.1 Å². The van der Waals surface area contributed by atoms with Gasteiger partial charge in [0.2, 0.25) is 0 Å². The number of rotatable bonds is 3. The maximum atomic E-state index is 15.1. The number of nitrogens with one attached hydrogen (secondary N) is 1. The van der Waals surface area contributed by atoms with Gasteiger partial charge in [-0.15, -0.1) is 0 Å². The predicted octanol–water partition coefficient (Wildman–Crippen LogP) is 0.557. The Balaban J connectivity index is 1.42. The molecule has 3 heterocycles. The minimum Gasteiger partial charge on any atom is -0.478 e. The molecule has 166 valence electrons. The first kappa shape index (κ1) is 20.3. The highest BCUT2D eigenvalue weighted by Crippen LogP contribution is 2.46. The molecule has 5 aliphatic rings. The van der Waals surface area contributed by atoms with Gasteiger partial charge in [0.15, 0.2) is 5.78 Å². The smallest absolute Gasteiger partial charge is 0.340 e. The van der Waals surface area contributed by atoms with E-state index in [4.69, 9.17) is 5.73 Å². The fourth-order valence-corrected chi connectivity index (χ4v) is 5.95. The molecule has 0 aromatic carbocycles. The van der Waals surface area contributed by atoms with Crippen LogP contribution < -0.4 is 11.1 Å². The molecule has 10 heteroatoms. The van der Waals surface area contributed by atoms with E-state index < -0.39 is 60.1 Å². The van der Waals surface area contributed by atoms with E-state index in [2.05, 4.69) is 5.32 Å². The summed E-state index contributed by atoms with van der Waals surface area (Å²) in [7, 11) is 0. The summed E-state index contributed by atoms with van der Waals surface area (Å²) < 4.78 is 43.5. The number of carboxylic acids is 1. The van der Waals surface area contributed by atoms with E-state index in [1.54, 1.807) is 0 Å². The number of piperidine rings is 2. The molecule has 0 aromatic rings. The number of halogens is 3. The summed E-state index contributed by atoms with van der Waals surface area (Å²) in [6.07, 6.45) is -4.27. The Bertz CT molecular complexity index is 770. The number of hydrogen-bond acceptors (Lipinski definition) is 6. The second-order valence-corrected chi connectivity index (χ2v) is 9.43. The van der Waals surface area contributed by atoms with Gasteiger partial charge in [-0.2, -0.15) is 0 Å². The average molecular weight is 428 g/mol. The second kappa shape index (κ2) is 7.20. The molecule has 0 spiro atoms. The van der Waals surface area contributed by atoms with Gasteiger partial charge >= 0.3 is 5.97 Å². The number of likely N-dealkylation sites (tertiary alicyclic amines) is 1. The van der Waals surface area contributed by atoms with Crippen molar-refractivity contribution in [1.29, 1.82) is 0 Å². The van der Waals surface area contributed by atoms with Crippen LogP contribution in [0.2, 0.25) is 0 Å². The van der Waals surface area contributed by atoms with Crippen molar-refractivity contribution < 1.29 is 27.9 Å². The third-order valence-electron chi connectivity index (χ3n) is 7.72. The Kier molecular flexibility index (Phi) is 4.86. The zero-order valence-electron chi connectivity index (χ0n) is 16.5. The Morgan fingerprint density at radius 2 is 1.80 bits per heavy atom. The van der Waals surface area contributed by atoms with Crippen LogP contribution in [0.15, 0.2) is 11.8 Å². The molecule has 4 N–H and O–H groups in total. The molecule has 2 saturated carbocycles. The van der Waals surface area contributed by atoms with Crippen LogP contribution in [-0.4, -0.2) is 82.7 Å². The molecule has 7 nitrogen and oxygen atoms in total. The van der Waals surface area contributed by atoms with Gasteiger partial charge in [0.25, 0.3) is 0 Å². The largest absolute Gasteiger partial charge is 0.478 e. The van der Waals surface area contributed by atoms with Crippen molar-refractivity contribution in [2.75, 3.05) is 13.1 Å². The van der Waals surface area contributed by atoms with E-state index in [1.165, 1.54) is 11.1 Å². The summed E-state index contributed by atoms with van der Waals surface area (Å²) >= 11 is 0. The number of ketones is 1. The molecular weight excluding hydrogens is 401 g/mol. The molecule has 9 unspecified atom stereocenters. The lowest BCUT2D eigenvalue weighted by molar-refractivity contribution is -0.140. The fraction of sp³-hybridized carbons (Fsp3) is 0.800. The normalized spacial score (nSPS) is 48.7. The van der Waals surface area contributed by atoms with Crippen molar-refractivity contribution in [2.24, 2.45) is 23.5 Å². The highest BCUT2D eigenvalue weighted by Gasteiger charge is 2.58. The number of nitrogens with two attached hydrogens (primary N) is 1. The quantitative estimate of drug-likeness (QED) is 0.565. The Morgan fingerprint density at radius 1 is 1.10 bits per heavy atom. The predicted molar refractivity (Wildman–Crippen MR) is 100 cm³/mol.